The highest BCUT2D eigenvalue weighted by Crippen LogP contribution is 2.16. The Kier molecular flexibility index (Phi) is 4.46. The molecule has 0 aromatic carbocycles. The monoisotopic (exact) mass is 261 g/mol. The SMILES string of the molecule is CCNC(Cc1ccn(C)n1)c1ccc(OC)nn1. The van der Waals surface area contributed by atoms with Crippen molar-refractivity contribution in [3.8, 4) is 5.88 Å². The summed E-state index contributed by atoms with van der Waals surface area (Å²) in [6.45, 7) is 2.94. The van der Waals surface area contributed by atoms with Gasteiger partial charge in [0.1, 0.15) is 0 Å². The van der Waals surface area contributed by atoms with Crippen LogP contribution in [0.2, 0.25) is 0 Å². The molecule has 0 amide bonds. The molecule has 2 heterocycles. The summed E-state index contributed by atoms with van der Waals surface area (Å²) in [5, 5.41) is 16.0. The number of ether oxygens (including phenoxy) is 1. The van der Waals surface area contributed by atoms with Gasteiger partial charge >= 0.3 is 0 Å². The molecule has 19 heavy (non-hydrogen) atoms. The summed E-state index contributed by atoms with van der Waals surface area (Å²) in [5.74, 6) is 0.525. The summed E-state index contributed by atoms with van der Waals surface area (Å²) in [4.78, 5) is 0. The normalized spacial score (nSPS) is 12.4. The summed E-state index contributed by atoms with van der Waals surface area (Å²) in [6, 6.07) is 5.88. The molecule has 6 heteroatoms. The van der Waals surface area contributed by atoms with Crippen LogP contribution in [0.1, 0.15) is 24.4 Å². The molecule has 0 aliphatic carbocycles. The minimum Gasteiger partial charge on any atom is -0.480 e. The Bertz CT molecular complexity index is 508. The van der Waals surface area contributed by atoms with E-state index in [4.69, 9.17) is 4.74 Å². The zero-order chi connectivity index (χ0) is 13.7. The van der Waals surface area contributed by atoms with Gasteiger partial charge in [0.2, 0.25) is 5.88 Å². The maximum atomic E-state index is 5.02. The Morgan fingerprint density at radius 1 is 1.32 bits per heavy atom. The van der Waals surface area contributed by atoms with Gasteiger partial charge in [-0.25, -0.2) is 0 Å². The molecule has 0 aliphatic heterocycles. The van der Waals surface area contributed by atoms with Gasteiger partial charge in [-0.3, -0.25) is 4.68 Å². The molecule has 0 fully saturated rings. The lowest BCUT2D eigenvalue weighted by Crippen LogP contribution is -2.24. The molecular weight excluding hydrogens is 242 g/mol. The van der Waals surface area contributed by atoms with Crippen molar-refractivity contribution in [1.82, 2.24) is 25.3 Å². The maximum absolute atomic E-state index is 5.02. The highest BCUT2D eigenvalue weighted by Gasteiger charge is 2.14. The van der Waals surface area contributed by atoms with Crippen LogP contribution >= 0.6 is 0 Å². The molecule has 0 saturated carbocycles. The molecule has 0 spiro atoms. The van der Waals surface area contributed by atoms with Gasteiger partial charge in [0.25, 0.3) is 0 Å². The summed E-state index contributed by atoms with van der Waals surface area (Å²) >= 11 is 0. The summed E-state index contributed by atoms with van der Waals surface area (Å²) in [5.41, 5.74) is 1.93. The van der Waals surface area contributed by atoms with E-state index in [2.05, 4.69) is 27.5 Å². The van der Waals surface area contributed by atoms with E-state index in [0.29, 0.717) is 5.88 Å². The molecule has 1 N–H and O–H groups in total. The fourth-order valence-corrected chi connectivity index (χ4v) is 1.93. The van der Waals surface area contributed by atoms with Crippen LogP contribution < -0.4 is 10.1 Å². The third kappa shape index (κ3) is 3.51. The lowest BCUT2D eigenvalue weighted by atomic mass is 10.1. The molecule has 0 aliphatic rings. The van der Waals surface area contributed by atoms with Gasteiger partial charge in [0, 0.05) is 25.7 Å². The van der Waals surface area contributed by atoms with Crippen molar-refractivity contribution in [2.45, 2.75) is 19.4 Å². The molecule has 0 saturated heterocycles. The first kappa shape index (κ1) is 13.5. The van der Waals surface area contributed by atoms with Crippen molar-refractivity contribution in [3.05, 3.63) is 35.8 Å². The fourth-order valence-electron chi connectivity index (χ4n) is 1.93. The third-order valence-corrected chi connectivity index (χ3v) is 2.86. The van der Waals surface area contributed by atoms with Gasteiger partial charge in [-0.05, 0) is 18.7 Å². The van der Waals surface area contributed by atoms with Gasteiger partial charge < -0.3 is 10.1 Å². The molecule has 0 bridgehead atoms. The first-order valence-corrected chi connectivity index (χ1v) is 6.32. The number of rotatable bonds is 6. The predicted molar refractivity (Wildman–Crippen MR) is 71.9 cm³/mol. The molecule has 2 aromatic rings. The van der Waals surface area contributed by atoms with Crippen LogP contribution in [-0.4, -0.2) is 33.6 Å². The Labute approximate surface area is 112 Å². The lowest BCUT2D eigenvalue weighted by Gasteiger charge is -2.15. The highest BCUT2D eigenvalue weighted by molar-refractivity contribution is 5.16. The molecule has 1 atom stereocenters. The Hall–Kier alpha value is -1.95. The number of hydrogen-bond donors (Lipinski definition) is 1. The zero-order valence-electron chi connectivity index (χ0n) is 11.5. The second kappa shape index (κ2) is 6.29. The van der Waals surface area contributed by atoms with E-state index in [1.807, 2.05) is 31.4 Å². The maximum Gasteiger partial charge on any atom is 0.233 e. The number of aromatic nitrogens is 4. The van der Waals surface area contributed by atoms with Crippen molar-refractivity contribution in [1.29, 1.82) is 0 Å². The van der Waals surface area contributed by atoms with E-state index in [1.165, 1.54) is 0 Å². The smallest absolute Gasteiger partial charge is 0.233 e. The third-order valence-electron chi connectivity index (χ3n) is 2.86. The minimum atomic E-state index is 0.110. The Morgan fingerprint density at radius 2 is 2.16 bits per heavy atom. The molecular formula is C13H19N5O. The number of nitrogens with zero attached hydrogens (tertiary/aromatic N) is 4. The second-order valence-electron chi connectivity index (χ2n) is 4.30. The van der Waals surface area contributed by atoms with E-state index in [9.17, 15) is 0 Å². The molecule has 0 radical (unpaired) electrons. The van der Waals surface area contributed by atoms with Gasteiger partial charge in [-0.15, -0.1) is 5.10 Å². The van der Waals surface area contributed by atoms with Crippen molar-refractivity contribution in [2.24, 2.45) is 7.05 Å². The van der Waals surface area contributed by atoms with Crippen LogP contribution in [0.3, 0.4) is 0 Å². The largest absolute Gasteiger partial charge is 0.480 e. The number of hydrogen-bond acceptors (Lipinski definition) is 5. The highest BCUT2D eigenvalue weighted by atomic mass is 16.5. The van der Waals surface area contributed by atoms with E-state index in [-0.39, 0.29) is 6.04 Å². The van der Waals surface area contributed by atoms with Gasteiger partial charge in [0.05, 0.1) is 24.5 Å². The molecule has 2 rings (SSSR count). The van der Waals surface area contributed by atoms with Crippen LogP contribution in [0.5, 0.6) is 5.88 Å². The first-order chi connectivity index (χ1) is 9.22. The van der Waals surface area contributed by atoms with Crippen LogP contribution in [0.25, 0.3) is 0 Å². The number of likely N-dealkylation sites (N-methyl/N-ethyl adjacent to an activating group) is 1. The van der Waals surface area contributed by atoms with Gasteiger partial charge in [-0.1, -0.05) is 6.92 Å². The quantitative estimate of drug-likeness (QED) is 0.844. The lowest BCUT2D eigenvalue weighted by molar-refractivity contribution is 0.389. The number of methoxy groups -OCH3 is 1. The summed E-state index contributed by atoms with van der Waals surface area (Å²) in [6.07, 6.45) is 2.73. The predicted octanol–water partition coefficient (Wildman–Crippen LogP) is 1.11. The summed E-state index contributed by atoms with van der Waals surface area (Å²) < 4.78 is 6.82. The van der Waals surface area contributed by atoms with Gasteiger partial charge in [0.15, 0.2) is 0 Å². The van der Waals surface area contributed by atoms with Crippen molar-refractivity contribution in [3.63, 3.8) is 0 Å². The van der Waals surface area contributed by atoms with E-state index < -0.39 is 0 Å². The van der Waals surface area contributed by atoms with Crippen molar-refractivity contribution in [2.75, 3.05) is 13.7 Å². The first-order valence-electron chi connectivity index (χ1n) is 6.32. The van der Waals surface area contributed by atoms with E-state index >= 15 is 0 Å². The number of aryl methyl sites for hydroxylation is 1. The number of nitrogens with one attached hydrogen (secondary N) is 1. The molecule has 2 aromatic heterocycles. The average Bonchev–Trinajstić information content (AvgIpc) is 2.84. The Morgan fingerprint density at radius 3 is 2.68 bits per heavy atom. The van der Waals surface area contributed by atoms with Crippen LogP contribution in [0.15, 0.2) is 24.4 Å². The van der Waals surface area contributed by atoms with Gasteiger partial charge in [-0.2, -0.15) is 10.2 Å². The van der Waals surface area contributed by atoms with Crippen LogP contribution in [-0.2, 0) is 13.5 Å². The van der Waals surface area contributed by atoms with Crippen molar-refractivity contribution >= 4 is 0 Å². The zero-order valence-corrected chi connectivity index (χ0v) is 11.5. The average molecular weight is 261 g/mol. The molecule has 1 unspecified atom stereocenters. The fraction of sp³-hybridized carbons (Fsp3) is 0.462. The Balaban J connectivity index is 2.13. The van der Waals surface area contributed by atoms with Crippen LogP contribution in [0.4, 0.5) is 0 Å². The van der Waals surface area contributed by atoms with Crippen molar-refractivity contribution < 1.29 is 4.74 Å². The second-order valence-corrected chi connectivity index (χ2v) is 4.30. The molecule has 6 nitrogen and oxygen atoms in total. The standard InChI is InChI=1S/C13H19N5O/c1-4-14-12(9-10-7-8-18(2)17-10)11-5-6-13(19-3)16-15-11/h5-8,12,14H,4,9H2,1-3H3. The minimum absolute atomic E-state index is 0.110. The molecule has 102 valence electrons. The van der Waals surface area contributed by atoms with Crippen LogP contribution in [0, 0.1) is 0 Å². The topological polar surface area (TPSA) is 64.9 Å². The van der Waals surface area contributed by atoms with E-state index in [1.54, 1.807) is 11.8 Å². The van der Waals surface area contributed by atoms with E-state index in [0.717, 1.165) is 24.4 Å². The summed E-state index contributed by atoms with van der Waals surface area (Å²) in [7, 11) is 3.50.